The molecule has 0 saturated carbocycles. The van der Waals surface area contributed by atoms with Crippen molar-refractivity contribution in [3.8, 4) is 17.1 Å². The van der Waals surface area contributed by atoms with Gasteiger partial charge in [0.05, 0.1) is 18.7 Å². The summed E-state index contributed by atoms with van der Waals surface area (Å²) in [6, 6.07) is 3.49. The standard InChI is InChI=1S/C22H28F3N5O2.C2HF3O2/c1-2-3-4-5-6-7-13-31-18-11-10-15(14-16(18)22(23,24)25)19-28-20(32-29-19)17-9-8-12-30(17)21(26)27;3-2(4,5)1(6)7/h5-6,10-11,14,17H,2-4,7-9,12-13H2,1H3,(H3,26,27);(H,6,7)/b6-5-;/t17-;/m0./s1. The number of hydrogen-bond acceptors (Lipinski definition) is 6. The van der Waals surface area contributed by atoms with Gasteiger partial charge in [-0.2, -0.15) is 31.3 Å². The van der Waals surface area contributed by atoms with Gasteiger partial charge in [0.1, 0.15) is 11.7 Å². The molecule has 1 atom stereocenters. The number of aliphatic carboxylic acids is 1. The van der Waals surface area contributed by atoms with Crippen molar-refractivity contribution in [1.82, 2.24) is 10.1 Å². The number of unbranched alkanes of at least 4 members (excludes halogenated alkanes) is 2. The van der Waals surface area contributed by atoms with Gasteiger partial charge in [-0.05, 0) is 43.9 Å². The lowest BCUT2D eigenvalue weighted by molar-refractivity contribution is -0.555. The summed E-state index contributed by atoms with van der Waals surface area (Å²) in [5, 5.41) is 12.7. The molecule has 1 aromatic heterocycles. The average molecular weight is 566 g/mol. The smallest absolute Gasteiger partial charge is 0.430 e. The third-order valence-electron chi connectivity index (χ3n) is 5.52. The zero-order valence-corrected chi connectivity index (χ0v) is 21.0. The molecule has 1 aromatic carbocycles. The second-order valence-electron chi connectivity index (χ2n) is 8.48. The zero-order chi connectivity index (χ0) is 29.2. The molecule has 39 heavy (non-hydrogen) atoms. The molecule has 1 aliphatic heterocycles. The lowest BCUT2D eigenvalue weighted by Gasteiger charge is -2.14. The summed E-state index contributed by atoms with van der Waals surface area (Å²) in [4.78, 5) is 13.1. The number of guanidine groups is 1. The second-order valence-corrected chi connectivity index (χ2v) is 8.48. The first-order valence-electron chi connectivity index (χ1n) is 12.0. The summed E-state index contributed by atoms with van der Waals surface area (Å²) < 4.78 is 85.0. The van der Waals surface area contributed by atoms with Crippen molar-refractivity contribution < 1.29 is 50.1 Å². The van der Waals surface area contributed by atoms with Crippen molar-refractivity contribution in [3.05, 3.63) is 41.8 Å². The van der Waals surface area contributed by atoms with Crippen LogP contribution in [0.4, 0.5) is 26.3 Å². The number of ether oxygens (including phenoxy) is 1. The largest absolute Gasteiger partial charge is 0.542 e. The van der Waals surface area contributed by atoms with Crippen LogP contribution < -0.4 is 21.3 Å². The van der Waals surface area contributed by atoms with Gasteiger partial charge >= 0.3 is 18.3 Å². The number of aromatic nitrogens is 2. The quantitative estimate of drug-likeness (QED) is 0.154. The molecule has 2 heterocycles. The minimum atomic E-state index is -5.19. The van der Waals surface area contributed by atoms with Crippen molar-refractivity contribution in [2.24, 2.45) is 11.5 Å². The number of alkyl halides is 6. The van der Waals surface area contributed by atoms with Crippen LogP contribution in [0.5, 0.6) is 5.75 Å². The maximum Gasteiger partial charge on any atom is 0.430 e. The van der Waals surface area contributed by atoms with Crippen LogP contribution in [0.3, 0.4) is 0 Å². The van der Waals surface area contributed by atoms with Crippen molar-refractivity contribution >= 4 is 11.9 Å². The monoisotopic (exact) mass is 565 g/mol. The fourth-order valence-electron chi connectivity index (χ4n) is 3.63. The number of nitrogens with zero attached hydrogens (tertiary/aromatic N) is 3. The Morgan fingerprint density at radius 2 is 1.87 bits per heavy atom. The van der Waals surface area contributed by atoms with Gasteiger partial charge in [0.15, 0.2) is 6.04 Å². The normalized spacial score (nSPS) is 15.8. The van der Waals surface area contributed by atoms with Gasteiger partial charge in [0.2, 0.25) is 5.82 Å². The molecule has 2 aromatic rings. The first kappa shape index (κ1) is 31.4. The van der Waals surface area contributed by atoms with Gasteiger partial charge < -0.3 is 19.2 Å². The van der Waals surface area contributed by atoms with E-state index in [1.54, 1.807) is 4.58 Å². The Hall–Kier alpha value is -3.78. The zero-order valence-electron chi connectivity index (χ0n) is 21.0. The van der Waals surface area contributed by atoms with Gasteiger partial charge in [-0.3, -0.25) is 16.0 Å². The molecule has 3 rings (SSSR count). The molecule has 4 N–H and O–H groups in total. The number of allylic oxidation sites excluding steroid dienone is 1. The highest BCUT2D eigenvalue weighted by atomic mass is 19.4. The fourth-order valence-corrected chi connectivity index (χ4v) is 3.63. The van der Waals surface area contributed by atoms with Crippen LogP contribution >= 0.6 is 0 Å². The van der Waals surface area contributed by atoms with E-state index in [1.807, 2.05) is 12.2 Å². The lowest BCUT2D eigenvalue weighted by Crippen LogP contribution is -2.37. The van der Waals surface area contributed by atoms with Crippen LogP contribution in [0, 0.1) is 0 Å². The highest BCUT2D eigenvalue weighted by Crippen LogP contribution is 2.39. The molecule has 0 radical (unpaired) electrons. The number of benzene rings is 1. The summed E-state index contributed by atoms with van der Waals surface area (Å²) in [7, 11) is 0. The number of hydrogen-bond donors (Lipinski definition) is 2. The molecule has 216 valence electrons. The van der Waals surface area contributed by atoms with Crippen LogP contribution in [-0.2, 0) is 11.0 Å². The maximum atomic E-state index is 13.7. The molecule has 0 unspecified atom stereocenters. The predicted octanol–water partition coefficient (Wildman–Crippen LogP) is 3.69. The summed E-state index contributed by atoms with van der Waals surface area (Å²) in [6.45, 7) is 2.92. The minimum Gasteiger partial charge on any atom is -0.542 e. The van der Waals surface area contributed by atoms with E-state index in [4.69, 9.17) is 30.6 Å². The number of nitrogens with two attached hydrogens (primary N) is 2. The fraction of sp³-hybridized carbons (Fsp3) is 0.500. The number of carboxylic acids is 1. The van der Waals surface area contributed by atoms with Gasteiger partial charge in [-0.1, -0.05) is 37.1 Å². The van der Waals surface area contributed by atoms with Crippen molar-refractivity contribution in [2.75, 3.05) is 13.2 Å². The lowest BCUT2D eigenvalue weighted by atomic mass is 10.1. The third kappa shape index (κ3) is 9.48. The van der Waals surface area contributed by atoms with Gasteiger partial charge in [-0.15, -0.1) is 0 Å². The Morgan fingerprint density at radius 1 is 1.21 bits per heavy atom. The van der Waals surface area contributed by atoms with Gasteiger partial charge in [-0.25, -0.2) is 0 Å². The van der Waals surface area contributed by atoms with E-state index in [-0.39, 0.29) is 41.6 Å². The van der Waals surface area contributed by atoms with Crippen LogP contribution in [-0.4, -0.2) is 46.0 Å². The number of rotatable bonds is 9. The first-order valence-corrected chi connectivity index (χ1v) is 12.0. The number of halogens is 6. The van der Waals surface area contributed by atoms with E-state index in [0.29, 0.717) is 19.4 Å². The highest BCUT2D eigenvalue weighted by Gasteiger charge is 2.36. The number of carboxylic acid groups (broad SMARTS) is 1. The molecule has 15 heteroatoms. The van der Waals surface area contributed by atoms with E-state index in [0.717, 1.165) is 31.7 Å². The molecule has 0 aliphatic carbocycles. The Labute approximate surface area is 220 Å². The Balaban J connectivity index is 0.000000673. The van der Waals surface area contributed by atoms with E-state index >= 15 is 0 Å². The topological polar surface area (TPSA) is 143 Å². The van der Waals surface area contributed by atoms with E-state index in [9.17, 15) is 26.3 Å². The van der Waals surface area contributed by atoms with Crippen LogP contribution in [0.1, 0.15) is 62.9 Å². The highest BCUT2D eigenvalue weighted by molar-refractivity contribution is 5.71. The molecule has 1 fully saturated rings. The molecular formula is C24H29F6N5O4. The number of carbonyl (C=O) groups is 1. The molecule has 0 amide bonds. The Morgan fingerprint density at radius 3 is 2.46 bits per heavy atom. The van der Waals surface area contributed by atoms with Crippen molar-refractivity contribution in [2.45, 2.75) is 63.8 Å². The number of carbonyl (C=O) groups excluding carboxylic acids is 1. The molecule has 1 aliphatic rings. The first-order chi connectivity index (χ1) is 18.3. The Kier molecular flexibility index (Phi) is 11.2. The SMILES string of the molecule is CCCC/C=C\CCOc1ccc(-c2noc([C@@H]3CCC[N+]3=C(N)N)n2)cc1C(F)(F)F.O=C([O-])C(F)(F)F. The van der Waals surface area contributed by atoms with Crippen LogP contribution in [0.25, 0.3) is 11.4 Å². The van der Waals surface area contributed by atoms with E-state index < -0.39 is 23.9 Å². The van der Waals surface area contributed by atoms with Crippen LogP contribution in [0.15, 0.2) is 34.9 Å². The van der Waals surface area contributed by atoms with Crippen LogP contribution in [0.2, 0.25) is 0 Å². The van der Waals surface area contributed by atoms with E-state index in [2.05, 4.69) is 17.1 Å². The van der Waals surface area contributed by atoms with Crippen molar-refractivity contribution in [3.63, 3.8) is 0 Å². The maximum absolute atomic E-state index is 13.7. The summed E-state index contributed by atoms with van der Waals surface area (Å²) in [6.07, 6.45) is -0.582. The summed E-state index contributed by atoms with van der Waals surface area (Å²) in [5.74, 6) is -2.74. The van der Waals surface area contributed by atoms with Crippen molar-refractivity contribution in [1.29, 1.82) is 0 Å². The van der Waals surface area contributed by atoms with E-state index in [1.165, 1.54) is 12.1 Å². The molecule has 0 spiro atoms. The average Bonchev–Trinajstić information content (AvgIpc) is 3.52. The summed E-state index contributed by atoms with van der Waals surface area (Å²) >= 11 is 0. The van der Waals surface area contributed by atoms with Gasteiger partial charge in [0, 0.05) is 5.56 Å². The van der Waals surface area contributed by atoms with Gasteiger partial charge in [0.25, 0.3) is 5.89 Å². The molecule has 1 saturated heterocycles. The summed E-state index contributed by atoms with van der Waals surface area (Å²) in [5.41, 5.74) is 10.7. The third-order valence-corrected chi connectivity index (χ3v) is 5.52. The molecule has 0 bridgehead atoms. The minimum absolute atomic E-state index is 0.0679. The predicted molar refractivity (Wildman–Crippen MR) is 125 cm³/mol. The molecule has 9 nitrogen and oxygen atoms in total. The molecular weight excluding hydrogens is 536 g/mol. The second kappa shape index (κ2) is 13.8. The Bertz CT molecular complexity index is 1160.